The van der Waals surface area contributed by atoms with Crippen molar-refractivity contribution in [3.63, 3.8) is 0 Å². The zero-order chi connectivity index (χ0) is 22.5. The first kappa shape index (κ1) is 23.1. The van der Waals surface area contributed by atoms with Gasteiger partial charge < -0.3 is 0 Å². The number of fused-ring (bicyclic) bond motifs is 3. The molecule has 0 amide bonds. The lowest BCUT2D eigenvalue weighted by Gasteiger charge is -2.04. The molecule has 0 fully saturated rings. The van der Waals surface area contributed by atoms with E-state index in [0.717, 1.165) is 24.6 Å². The van der Waals surface area contributed by atoms with Crippen LogP contribution in [0, 0.1) is 0 Å². The van der Waals surface area contributed by atoms with Gasteiger partial charge in [-0.05, 0) is 81.2 Å². The van der Waals surface area contributed by atoms with Gasteiger partial charge in [-0.15, -0.1) is 0 Å². The Morgan fingerprint density at radius 2 is 0.906 bits per heavy atom. The van der Waals surface area contributed by atoms with Crippen molar-refractivity contribution in [2.75, 3.05) is 0 Å². The Hall–Kier alpha value is -2.10. The SMILES string of the molecule is Clc1ccc(C=Cc2ccc(Br)cc2)cc1.Clc1ccc2ccc3ccc(Br)cc3c2c1. The Balaban J connectivity index is 0.000000153. The molecule has 0 heterocycles. The molecule has 5 aromatic rings. The van der Waals surface area contributed by atoms with E-state index in [9.17, 15) is 0 Å². The van der Waals surface area contributed by atoms with Crippen molar-refractivity contribution in [2.24, 2.45) is 0 Å². The summed E-state index contributed by atoms with van der Waals surface area (Å²) in [5.74, 6) is 0. The summed E-state index contributed by atoms with van der Waals surface area (Å²) in [4.78, 5) is 0. The zero-order valence-corrected chi connectivity index (χ0v) is 21.6. The lowest BCUT2D eigenvalue weighted by Crippen LogP contribution is -1.78. The van der Waals surface area contributed by atoms with E-state index in [0.29, 0.717) is 0 Å². The van der Waals surface area contributed by atoms with Crippen LogP contribution in [0.25, 0.3) is 33.7 Å². The van der Waals surface area contributed by atoms with Crippen molar-refractivity contribution in [1.82, 2.24) is 0 Å². The molecule has 5 rings (SSSR count). The van der Waals surface area contributed by atoms with Gasteiger partial charge in [-0.2, -0.15) is 0 Å². The second-order valence-electron chi connectivity index (χ2n) is 7.23. The van der Waals surface area contributed by atoms with Crippen molar-refractivity contribution < 1.29 is 0 Å². The Bertz CT molecular complexity index is 1280. The Morgan fingerprint density at radius 3 is 1.53 bits per heavy atom. The van der Waals surface area contributed by atoms with Gasteiger partial charge in [0.15, 0.2) is 0 Å². The van der Waals surface area contributed by atoms with Gasteiger partial charge in [0.1, 0.15) is 0 Å². The third-order valence-corrected chi connectivity index (χ3v) is 6.48. The van der Waals surface area contributed by atoms with Crippen LogP contribution in [0.4, 0.5) is 0 Å². The minimum atomic E-state index is 0.765. The molecule has 5 aromatic carbocycles. The van der Waals surface area contributed by atoms with Crippen LogP contribution in [0.2, 0.25) is 10.0 Å². The fourth-order valence-electron chi connectivity index (χ4n) is 3.33. The average Bonchev–Trinajstić information content (AvgIpc) is 2.80. The number of hydrogen-bond donors (Lipinski definition) is 0. The van der Waals surface area contributed by atoms with Crippen molar-refractivity contribution >= 4 is 88.8 Å². The first-order valence-electron chi connectivity index (χ1n) is 9.95. The average molecular weight is 585 g/mol. The largest absolute Gasteiger partial charge is 0.0843 e. The van der Waals surface area contributed by atoms with Gasteiger partial charge in [0, 0.05) is 19.0 Å². The highest BCUT2D eigenvalue weighted by Gasteiger charge is 2.01. The monoisotopic (exact) mass is 582 g/mol. The molecule has 0 aliphatic carbocycles. The van der Waals surface area contributed by atoms with Crippen LogP contribution in [0.1, 0.15) is 11.1 Å². The van der Waals surface area contributed by atoms with Crippen LogP contribution >= 0.6 is 55.1 Å². The molecule has 0 aliphatic heterocycles. The normalized spacial score (nSPS) is 11.0. The van der Waals surface area contributed by atoms with E-state index in [1.807, 2.05) is 48.5 Å². The minimum Gasteiger partial charge on any atom is -0.0843 e. The maximum absolute atomic E-state index is 6.05. The first-order chi connectivity index (χ1) is 15.5. The molecule has 0 saturated heterocycles. The highest BCUT2D eigenvalue weighted by atomic mass is 79.9. The maximum Gasteiger partial charge on any atom is 0.0412 e. The van der Waals surface area contributed by atoms with Gasteiger partial charge in [0.05, 0.1) is 0 Å². The molecule has 0 bridgehead atoms. The highest BCUT2D eigenvalue weighted by Crippen LogP contribution is 2.29. The molecule has 32 heavy (non-hydrogen) atoms. The molecule has 0 unspecified atom stereocenters. The second-order valence-corrected chi connectivity index (χ2v) is 9.94. The molecule has 0 atom stereocenters. The molecular weight excluding hydrogens is 567 g/mol. The number of halogens is 4. The zero-order valence-electron chi connectivity index (χ0n) is 16.9. The topological polar surface area (TPSA) is 0 Å². The van der Waals surface area contributed by atoms with E-state index in [1.165, 1.54) is 27.1 Å². The standard InChI is InChI=1S/C14H8BrCl.C14H10BrCl/c15-11-5-3-9-1-2-10-4-6-12(16)8-14(10)13(9)7-11;15-13-7-3-11(4-8-13)1-2-12-5-9-14(16)10-6-12/h1-8H;1-10H. The van der Waals surface area contributed by atoms with E-state index in [4.69, 9.17) is 23.2 Å². The number of benzene rings is 5. The summed E-state index contributed by atoms with van der Waals surface area (Å²) < 4.78 is 2.18. The molecule has 0 nitrogen and oxygen atoms in total. The first-order valence-corrected chi connectivity index (χ1v) is 12.3. The van der Waals surface area contributed by atoms with E-state index in [-0.39, 0.29) is 0 Å². The van der Waals surface area contributed by atoms with Gasteiger partial charge >= 0.3 is 0 Å². The Labute approximate surface area is 214 Å². The van der Waals surface area contributed by atoms with Crippen LogP contribution in [-0.2, 0) is 0 Å². The molecule has 0 radical (unpaired) electrons. The lowest BCUT2D eigenvalue weighted by atomic mass is 10.0. The Morgan fingerprint density at radius 1 is 0.469 bits per heavy atom. The van der Waals surface area contributed by atoms with Crippen molar-refractivity contribution in [1.29, 1.82) is 0 Å². The van der Waals surface area contributed by atoms with E-state index >= 15 is 0 Å². The molecule has 0 spiro atoms. The number of hydrogen-bond acceptors (Lipinski definition) is 0. The summed E-state index contributed by atoms with van der Waals surface area (Å²) in [6.45, 7) is 0. The smallest absolute Gasteiger partial charge is 0.0412 e. The summed E-state index contributed by atoms with van der Waals surface area (Å²) in [5.41, 5.74) is 2.32. The fraction of sp³-hybridized carbons (Fsp3) is 0. The molecule has 4 heteroatoms. The van der Waals surface area contributed by atoms with Crippen LogP contribution in [0.3, 0.4) is 0 Å². The van der Waals surface area contributed by atoms with Crippen LogP contribution < -0.4 is 0 Å². The summed E-state index contributed by atoms with van der Waals surface area (Å²) in [6, 6.07) is 32.5. The molecule has 0 saturated carbocycles. The second kappa shape index (κ2) is 10.7. The van der Waals surface area contributed by atoms with E-state index in [1.54, 1.807) is 0 Å². The van der Waals surface area contributed by atoms with Crippen LogP contribution in [-0.4, -0.2) is 0 Å². The van der Waals surface area contributed by atoms with Gasteiger partial charge in [-0.1, -0.05) is 116 Å². The third kappa shape index (κ3) is 6.02. The predicted octanol–water partition coefficient (Wildman–Crippen LogP) is 10.7. The van der Waals surface area contributed by atoms with Crippen LogP contribution in [0.5, 0.6) is 0 Å². The summed E-state index contributed by atoms with van der Waals surface area (Å²) in [6.07, 6.45) is 4.15. The van der Waals surface area contributed by atoms with Gasteiger partial charge in [0.25, 0.3) is 0 Å². The van der Waals surface area contributed by atoms with Gasteiger partial charge in [-0.25, -0.2) is 0 Å². The maximum atomic E-state index is 6.05. The van der Waals surface area contributed by atoms with Crippen molar-refractivity contribution in [3.05, 3.63) is 127 Å². The summed E-state index contributed by atoms with van der Waals surface area (Å²) in [5, 5.41) is 6.43. The van der Waals surface area contributed by atoms with E-state index in [2.05, 4.69) is 92.5 Å². The van der Waals surface area contributed by atoms with Crippen LogP contribution in [0.15, 0.2) is 106 Å². The molecule has 0 N–H and O–H groups in total. The minimum absolute atomic E-state index is 0.765. The van der Waals surface area contributed by atoms with Gasteiger partial charge in [0.2, 0.25) is 0 Å². The quantitative estimate of drug-likeness (QED) is 0.143. The molecule has 0 aromatic heterocycles. The fourth-order valence-corrected chi connectivity index (χ4v) is 4.26. The lowest BCUT2D eigenvalue weighted by molar-refractivity contribution is 1.61. The highest BCUT2D eigenvalue weighted by molar-refractivity contribution is 9.10. The molecule has 158 valence electrons. The van der Waals surface area contributed by atoms with E-state index < -0.39 is 0 Å². The third-order valence-electron chi connectivity index (χ3n) is 4.97. The van der Waals surface area contributed by atoms with Gasteiger partial charge in [-0.3, -0.25) is 0 Å². The van der Waals surface area contributed by atoms with Crippen molar-refractivity contribution in [2.45, 2.75) is 0 Å². The molecular formula is C28H18Br2Cl2. The predicted molar refractivity (Wildman–Crippen MR) is 149 cm³/mol. The Kier molecular flexibility index (Phi) is 7.70. The summed E-state index contributed by atoms with van der Waals surface area (Å²) >= 11 is 18.8. The molecule has 0 aliphatic rings. The number of rotatable bonds is 2. The summed E-state index contributed by atoms with van der Waals surface area (Å²) in [7, 11) is 0. The van der Waals surface area contributed by atoms with Crippen molar-refractivity contribution in [3.8, 4) is 0 Å².